The number of imidazole rings is 1. The molecule has 29 heavy (non-hydrogen) atoms. The highest BCUT2D eigenvalue weighted by molar-refractivity contribution is 5.81. The van der Waals surface area contributed by atoms with E-state index >= 15 is 0 Å². The molecule has 0 spiro atoms. The lowest BCUT2D eigenvalue weighted by atomic mass is 10.1. The molecule has 2 aromatic carbocycles. The van der Waals surface area contributed by atoms with Crippen LogP contribution >= 0.6 is 0 Å². The summed E-state index contributed by atoms with van der Waals surface area (Å²) in [6, 6.07) is 18.9. The second-order valence-corrected chi connectivity index (χ2v) is 8.29. The number of carbonyl (C=O) groups excluding carboxylic acids is 1. The highest BCUT2D eigenvalue weighted by atomic mass is 16.1. The van der Waals surface area contributed by atoms with Crippen LogP contribution in [0.4, 0.5) is 0 Å². The number of benzene rings is 2. The fourth-order valence-corrected chi connectivity index (χ4v) is 4.51. The van der Waals surface area contributed by atoms with Crippen LogP contribution in [0.3, 0.4) is 0 Å². The van der Waals surface area contributed by atoms with Crippen LogP contribution in [0, 0.1) is 0 Å². The third-order valence-electron chi connectivity index (χ3n) is 6.19. The van der Waals surface area contributed by atoms with Gasteiger partial charge in [-0.05, 0) is 56.5 Å². The molecular weight excluding hydrogens is 360 g/mol. The maximum Gasteiger partial charge on any atom is 0.240 e. The Morgan fingerprint density at radius 3 is 2.52 bits per heavy atom. The van der Waals surface area contributed by atoms with E-state index in [2.05, 4.69) is 45.1 Å². The smallest absolute Gasteiger partial charge is 0.240 e. The lowest BCUT2D eigenvalue weighted by Crippen LogP contribution is -2.38. The molecule has 2 fully saturated rings. The molecule has 1 N–H and O–H groups in total. The third-order valence-corrected chi connectivity index (χ3v) is 6.19. The summed E-state index contributed by atoms with van der Waals surface area (Å²) in [6.07, 6.45) is 4.83. The summed E-state index contributed by atoms with van der Waals surface area (Å²) in [4.78, 5) is 20.2. The predicted molar refractivity (Wildman–Crippen MR) is 115 cm³/mol. The summed E-state index contributed by atoms with van der Waals surface area (Å²) in [7, 11) is 0. The van der Waals surface area contributed by atoms with E-state index in [9.17, 15) is 4.79 Å². The molecule has 1 atom stereocenters. The van der Waals surface area contributed by atoms with Gasteiger partial charge in [0.15, 0.2) is 0 Å². The minimum Gasteiger partial charge on any atom is -0.353 e. The van der Waals surface area contributed by atoms with Crippen LogP contribution in [0.2, 0.25) is 0 Å². The molecule has 3 aromatic rings. The minimum atomic E-state index is 0.0650. The fourth-order valence-electron chi connectivity index (χ4n) is 4.51. The van der Waals surface area contributed by atoms with Crippen LogP contribution in [0.25, 0.3) is 11.0 Å². The van der Waals surface area contributed by atoms with Crippen molar-refractivity contribution in [2.75, 3.05) is 19.6 Å². The number of aromatic nitrogens is 2. The van der Waals surface area contributed by atoms with Gasteiger partial charge in [-0.15, -0.1) is 0 Å². The second kappa shape index (κ2) is 7.99. The number of para-hydroxylation sites is 2. The maximum absolute atomic E-state index is 12.9. The van der Waals surface area contributed by atoms with Gasteiger partial charge in [-0.25, -0.2) is 4.98 Å². The first kappa shape index (κ1) is 18.4. The average Bonchev–Trinajstić information content (AvgIpc) is 3.33. The molecule has 0 bridgehead atoms. The highest BCUT2D eigenvalue weighted by Crippen LogP contribution is 2.40. The van der Waals surface area contributed by atoms with E-state index in [4.69, 9.17) is 4.98 Å². The number of likely N-dealkylation sites (tertiary alicyclic amines) is 1. The van der Waals surface area contributed by atoms with Crippen LogP contribution in [0.15, 0.2) is 54.6 Å². The quantitative estimate of drug-likeness (QED) is 0.669. The molecular formula is C24H28N4O. The summed E-state index contributed by atoms with van der Waals surface area (Å²) in [5, 5.41) is 3.22. The number of carbonyl (C=O) groups is 1. The van der Waals surface area contributed by atoms with Crippen molar-refractivity contribution < 1.29 is 4.79 Å². The Kier molecular flexibility index (Phi) is 5.06. The molecule has 1 aliphatic carbocycles. The number of nitrogens with one attached hydrogen (secondary N) is 1. The number of amides is 1. The van der Waals surface area contributed by atoms with Gasteiger partial charge in [-0.2, -0.15) is 0 Å². The molecule has 1 unspecified atom stereocenters. The maximum atomic E-state index is 12.9. The predicted octanol–water partition coefficient (Wildman–Crippen LogP) is 3.87. The zero-order chi connectivity index (χ0) is 19.6. The summed E-state index contributed by atoms with van der Waals surface area (Å²) < 4.78 is 2.12. The largest absolute Gasteiger partial charge is 0.353 e. The first-order chi connectivity index (χ1) is 14.3. The van der Waals surface area contributed by atoms with Gasteiger partial charge in [0.05, 0.1) is 17.1 Å². The Hall–Kier alpha value is -2.66. The van der Waals surface area contributed by atoms with E-state index in [1.165, 1.54) is 31.2 Å². The molecule has 1 aliphatic heterocycles. The average molecular weight is 389 g/mol. The van der Waals surface area contributed by atoms with Gasteiger partial charge in [-0.1, -0.05) is 42.5 Å². The molecule has 1 amide bonds. The molecule has 5 rings (SSSR count). The molecule has 2 aliphatic rings. The lowest BCUT2D eigenvalue weighted by molar-refractivity contribution is -0.121. The Labute approximate surface area is 171 Å². The number of fused-ring (bicyclic) bond motifs is 1. The van der Waals surface area contributed by atoms with E-state index in [0.29, 0.717) is 19.0 Å². The summed E-state index contributed by atoms with van der Waals surface area (Å²) >= 11 is 0. The standard InChI is InChI=1S/C24H28N4O/c29-23(17-28-21-11-5-4-10-20(21)26-24(28)19-12-13-19)25-16-22(27-14-6-7-15-27)18-8-2-1-3-9-18/h1-5,8-11,19,22H,6-7,12-17H2,(H,25,29). The Morgan fingerprint density at radius 1 is 1.03 bits per heavy atom. The molecule has 150 valence electrons. The van der Waals surface area contributed by atoms with E-state index in [0.717, 1.165) is 29.9 Å². The third kappa shape index (κ3) is 3.92. The molecule has 2 heterocycles. The molecule has 1 saturated carbocycles. The summed E-state index contributed by atoms with van der Waals surface area (Å²) in [5.41, 5.74) is 3.33. The number of rotatable bonds is 7. The number of hydrogen-bond donors (Lipinski definition) is 1. The van der Waals surface area contributed by atoms with Crippen LogP contribution in [0.5, 0.6) is 0 Å². The number of hydrogen-bond acceptors (Lipinski definition) is 3. The van der Waals surface area contributed by atoms with Crippen molar-refractivity contribution in [3.63, 3.8) is 0 Å². The van der Waals surface area contributed by atoms with Gasteiger partial charge in [0.25, 0.3) is 0 Å². The molecule has 1 aromatic heterocycles. The first-order valence-electron chi connectivity index (χ1n) is 10.8. The Morgan fingerprint density at radius 2 is 1.76 bits per heavy atom. The van der Waals surface area contributed by atoms with Crippen molar-refractivity contribution >= 4 is 16.9 Å². The van der Waals surface area contributed by atoms with Crippen LogP contribution in [0.1, 0.15) is 49.0 Å². The minimum absolute atomic E-state index is 0.0650. The van der Waals surface area contributed by atoms with Crippen molar-refractivity contribution in [3.05, 3.63) is 66.0 Å². The molecule has 5 heteroatoms. The molecule has 0 radical (unpaired) electrons. The second-order valence-electron chi connectivity index (χ2n) is 8.29. The summed E-state index contributed by atoms with van der Waals surface area (Å²) in [5.74, 6) is 1.65. The van der Waals surface area contributed by atoms with Gasteiger partial charge in [-0.3, -0.25) is 9.69 Å². The van der Waals surface area contributed by atoms with Gasteiger partial charge < -0.3 is 9.88 Å². The summed E-state index contributed by atoms with van der Waals surface area (Å²) in [6.45, 7) is 3.20. The normalized spacial score (nSPS) is 18.2. The van der Waals surface area contributed by atoms with E-state index < -0.39 is 0 Å². The van der Waals surface area contributed by atoms with Gasteiger partial charge >= 0.3 is 0 Å². The molecule has 5 nitrogen and oxygen atoms in total. The monoisotopic (exact) mass is 388 g/mol. The van der Waals surface area contributed by atoms with Crippen molar-refractivity contribution in [2.45, 2.75) is 44.2 Å². The topological polar surface area (TPSA) is 50.2 Å². The van der Waals surface area contributed by atoms with Crippen molar-refractivity contribution in [1.82, 2.24) is 19.8 Å². The van der Waals surface area contributed by atoms with Crippen molar-refractivity contribution in [3.8, 4) is 0 Å². The van der Waals surface area contributed by atoms with Gasteiger partial charge in [0.1, 0.15) is 12.4 Å². The van der Waals surface area contributed by atoms with Crippen LogP contribution in [-0.2, 0) is 11.3 Å². The number of nitrogens with zero attached hydrogens (tertiary/aromatic N) is 3. The molecule has 1 saturated heterocycles. The Balaban J connectivity index is 1.31. The fraction of sp³-hybridized carbons (Fsp3) is 0.417. The van der Waals surface area contributed by atoms with Crippen LogP contribution < -0.4 is 5.32 Å². The lowest BCUT2D eigenvalue weighted by Gasteiger charge is -2.28. The Bertz CT molecular complexity index is 987. The zero-order valence-corrected chi connectivity index (χ0v) is 16.8. The van der Waals surface area contributed by atoms with Gasteiger partial charge in [0.2, 0.25) is 5.91 Å². The SMILES string of the molecule is O=C(Cn1c(C2CC2)nc2ccccc21)NCC(c1ccccc1)N1CCCC1. The van der Waals surface area contributed by atoms with E-state index in [-0.39, 0.29) is 11.9 Å². The van der Waals surface area contributed by atoms with Crippen LogP contribution in [-0.4, -0.2) is 40.0 Å². The van der Waals surface area contributed by atoms with Gasteiger partial charge in [0, 0.05) is 12.5 Å². The van der Waals surface area contributed by atoms with Crippen molar-refractivity contribution in [1.29, 1.82) is 0 Å². The highest BCUT2D eigenvalue weighted by Gasteiger charge is 2.30. The van der Waals surface area contributed by atoms with Crippen molar-refractivity contribution in [2.24, 2.45) is 0 Å². The first-order valence-corrected chi connectivity index (χ1v) is 10.8. The van der Waals surface area contributed by atoms with E-state index in [1.54, 1.807) is 0 Å². The zero-order valence-electron chi connectivity index (χ0n) is 16.8. The van der Waals surface area contributed by atoms with E-state index in [1.807, 2.05) is 24.3 Å².